The van der Waals surface area contributed by atoms with Crippen molar-refractivity contribution in [1.82, 2.24) is 4.98 Å². The van der Waals surface area contributed by atoms with Gasteiger partial charge in [0.05, 0.1) is 6.61 Å². The predicted molar refractivity (Wildman–Crippen MR) is 74.8 cm³/mol. The third kappa shape index (κ3) is 3.27. The van der Waals surface area contributed by atoms with E-state index in [1.54, 1.807) is 12.1 Å². The van der Waals surface area contributed by atoms with Gasteiger partial charge in [0.2, 0.25) is 0 Å². The van der Waals surface area contributed by atoms with Crippen molar-refractivity contribution >= 4 is 23.1 Å². The quantitative estimate of drug-likeness (QED) is 0.735. The van der Waals surface area contributed by atoms with Gasteiger partial charge >= 0.3 is 0 Å². The Balaban J connectivity index is 2.00. The number of aliphatic hydroxyl groups is 1. The van der Waals surface area contributed by atoms with E-state index >= 15 is 0 Å². The lowest BCUT2D eigenvalue weighted by Gasteiger charge is -2.35. The molecule has 0 unspecified atom stereocenters. The van der Waals surface area contributed by atoms with Gasteiger partial charge in [-0.2, -0.15) is 0 Å². The number of nitrogens with two attached hydrogens (primary N) is 1. The number of pyridine rings is 1. The maximum absolute atomic E-state index is 9.62. The average molecular weight is 270 g/mol. The molecule has 18 heavy (non-hydrogen) atoms. The molecule has 0 amide bonds. The SMILES string of the molecule is Nc1cc(Cl)nc(NCC2(CO)CCCCC2)c1. The summed E-state index contributed by atoms with van der Waals surface area (Å²) < 4.78 is 0. The van der Waals surface area contributed by atoms with Gasteiger partial charge in [-0.1, -0.05) is 30.9 Å². The zero-order valence-corrected chi connectivity index (χ0v) is 11.2. The van der Waals surface area contributed by atoms with Gasteiger partial charge in [0.15, 0.2) is 0 Å². The van der Waals surface area contributed by atoms with Crippen LogP contribution in [-0.2, 0) is 0 Å². The van der Waals surface area contributed by atoms with Gasteiger partial charge in [-0.3, -0.25) is 0 Å². The Bertz CT molecular complexity index is 385. The predicted octanol–water partition coefficient (Wildman–Crippen LogP) is 2.67. The van der Waals surface area contributed by atoms with Crippen LogP contribution in [0, 0.1) is 5.41 Å². The minimum absolute atomic E-state index is 0.0169. The van der Waals surface area contributed by atoms with E-state index < -0.39 is 0 Å². The number of aromatic nitrogens is 1. The molecule has 0 spiro atoms. The summed E-state index contributed by atoms with van der Waals surface area (Å²) in [7, 11) is 0. The van der Waals surface area contributed by atoms with Gasteiger partial charge in [0.25, 0.3) is 0 Å². The number of nitrogens with one attached hydrogen (secondary N) is 1. The molecular formula is C13H20ClN3O. The summed E-state index contributed by atoms with van der Waals surface area (Å²) in [4.78, 5) is 4.18. The van der Waals surface area contributed by atoms with Crippen LogP contribution in [0.2, 0.25) is 5.15 Å². The fourth-order valence-corrected chi connectivity index (χ4v) is 2.79. The molecule has 5 heteroatoms. The molecule has 1 aliphatic rings. The second-order valence-corrected chi connectivity index (χ2v) is 5.57. The molecule has 1 aromatic heterocycles. The fraction of sp³-hybridized carbons (Fsp3) is 0.615. The van der Waals surface area contributed by atoms with Crippen molar-refractivity contribution in [3.05, 3.63) is 17.3 Å². The third-order valence-electron chi connectivity index (χ3n) is 3.71. The van der Waals surface area contributed by atoms with Gasteiger partial charge in [-0.15, -0.1) is 0 Å². The molecule has 1 aromatic rings. The highest BCUT2D eigenvalue weighted by molar-refractivity contribution is 6.29. The molecule has 1 aliphatic carbocycles. The summed E-state index contributed by atoms with van der Waals surface area (Å²) >= 11 is 5.86. The minimum atomic E-state index is -0.0169. The van der Waals surface area contributed by atoms with Gasteiger partial charge in [-0.25, -0.2) is 4.98 Å². The van der Waals surface area contributed by atoms with Crippen LogP contribution in [0.1, 0.15) is 32.1 Å². The number of hydrogen-bond acceptors (Lipinski definition) is 4. The molecule has 0 aliphatic heterocycles. The molecular weight excluding hydrogens is 250 g/mol. The largest absolute Gasteiger partial charge is 0.399 e. The first-order chi connectivity index (χ1) is 8.63. The lowest BCUT2D eigenvalue weighted by atomic mass is 9.74. The summed E-state index contributed by atoms with van der Waals surface area (Å²) in [6.07, 6.45) is 5.77. The first kappa shape index (κ1) is 13.4. The van der Waals surface area contributed by atoms with Crippen molar-refractivity contribution in [1.29, 1.82) is 0 Å². The van der Waals surface area contributed by atoms with E-state index in [0.29, 0.717) is 16.7 Å². The standard InChI is InChI=1S/C13H20ClN3O/c14-11-6-10(15)7-12(17-11)16-8-13(9-18)4-2-1-3-5-13/h6-7,18H,1-5,8-9H2,(H3,15,16,17). The second kappa shape index (κ2) is 5.76. The zero-order valence-electron chi connectivity index (χ0n) is 10.5. The molecule has 2 rings (SSSR count). The van der Waals surface area contributed by atoms with Gasteiger partial charge < -0.3 is 16.2 Å². The zero-order chi connectivity index (χ0) is 13.0. The first-order valence-corrected chi connectivity index (χ1v) is 6.79. The fourth-order valence-electron chi connectivity index (χ4n) is 2.58. The topological polar surface area (TPSA) is 71.2 Å². The third-order valence-corrected chi connectivity index (χ3v) is 3.90. The maximum Gasteiger partial charge on any atom is 0.133 e. The van der Waals surface area contributed by atoms with Crippen LogP contribution in [0.3, 0.4) is 0 Å². The van der Waals surface area contributed by atoms with Gasteiger partial charge in [-0.05, 0) is 18.9 Å². The van der Waals surface area contributed by atoms with Crippen LogP contribution in [-0.4, -0.2) is 23.2 Å². The molecule has 0 radical (unpaired) electrons. The van der Waals surface area contributed by atoms with E-state index in [1.165, 1.54) is 19.3 Å². The molecule has 1 heterocycles. The number of anilines is 2. The van der Waals surface area contributed by atoms with Crippen LogP contribution in [0.5, 0.6) is 0 Å². The van der Waals surface area contributed by atoms with Crippen molar-refractivity contribution < 1.29 is 5.11 Å². The van der Waals surface area contributed by atoms with E-state index in [0.717, 1.165) is 19.4 Å². The Labute approximate surface area is 113 Å². The number of nitrogens with zero attached hydrogens (tertiary/aromatic N) is 1. The van der Waals surface area contributed by atoms with Gasteiger partial charge in [0.1, 0.15) is 11.0 Å². The average Bonchev–Trinajstić information content (AvgIpc) is 2.36. The Kier molecular flexibility index (Phi) is 4.30. The summed E-state index contributed by atoms with van der Waals surface area (Å²) in [5, 5.41) is 13.3. The second-order valence-electron chi connectivity index (χ2n) is 5.18. The molecule has 100 valence electrons. The van der Waals surface area contributed by atoms with E-state index in [-0.39, 0.29) is 12.0 Å². The molecule has 4 nitrogen and oxygen atoms in total. The Morgan fingerprint density at radius 1 is 1.33 bits per heavy atom. The molecule has 0 atom stereocenters. The Hall–Kier alpha value is -1.00. The summed E-state index contributed by atoms with van der Waals surface area (Å²) in [5.74, 6) is 0.679. The van der Waals surface area contributed by atoms with Crippen LogP contribution in [0.15, 0.2) is 12.1 Å². The summed E-state index contributed by atoms with van der Waals surface area (Å²) in [6.45, 7) is 0.937. The monoisotopic (exact) mass is 269 g/mol. The van der Waals surface area contributed by atoms with Crippen molar-refractivity contribution in [3.8, 4) is 0 Å². The van der Waals surface area contributed by atoms with Crippen LogP contribution in [0.4, 0.5) is 11.5 Å². The lowest BCUT2D eigenvalue weighted by molar-refractivity contribution is 0.0943. The van der Waals surface area contributed by atoms with Crippen molar-refractivity contribution in [2.75, 3.05) is 24.2 Å². The normalized spacial score (nSPS) is 18.6. The molecule has 1 fully saturated rings. The maximum atomic E-state index is 9.62. The van der Waals surface area contributed by atoms with Crippen molar-refractivity contribution in [2.24, 2.45) is 5.41 Å². The van der Waals surface area contributed by atoms with E-state index in [9.17, 15) is 5.11 Å². The van der Waals surface area contributed by atoms with E-state index in [1.807, 2.05) is 0 Å². The summed E-state index contributed by atoms with van der Waals surface area (Å²) in [5.41, 5.74) is 6.30. The molecule has 4 N–H and O–H groups in total. The van der Waals surface area contributed by atoms with Crippen LogP contribution < -0.4 is 11.1 Å². The van der Waals surface area contributed by atoms with E-state index in [2.05, 4.69) is 10.3 Å². The number of rotatable bonds is 4. The number of nitrogen functional groups attached to an aromatic ring is 1. The first-order valence-electron chi connectivity index (χ1n) is 6.41. The Morgan fingerprint density at radius 2 is 2.06 bits per heavy atom. The van der Waals surface area contributed by atoms with E-state index in [4.69, 9.17) is 17.3 Å². The van der Waals surface area contributed by atoms with Gasteiger partial charge in [0, 0.05) is 23.7 Å². The van der Waals surface area contributed by atoms with Crippen molar-refractivity contribution in [3.63, 3.8) is 0 Å². The minimum Gasteiger partial charge on any atom is -0.399 e. The molecule has 0 bridgehead atoms. The Morgan fingerprint density at radius 3 is 2.67 bits per heavy atom. The smallest absolute Gasteiger partial charge is 0.133 e. The lowest BCUT2D eigenvalue weighted by Crippen LogP contribution is -2.35. The van der Waals surface area contributed by atoms with Crippen LogP contribution in [0.25, 0.3) is 0 Å². The highest BCUT2D eigenvalue weighted by Crippen LogP contribution is 2.36. The number of halogens is 1. The summed E-state index contributed by atoms with van der Waals surface area (Å²) in [6, 6.07) is 3.38. The highest BCUT2D eigenvalue weighted by atomic mass is 35.5. The molecule has 0 saturated heterocycles. The number of aliphatic hydroxyl groups excluding tert-OH is 1. The highest BCUT2D eigenvalue weighted by Gasteiger charge is 2.31. The molecule has 0 aromatic carbocycles. The van der Waals surface area contributed by atoms with Crippen molar-refractivity contribution in [2.45, 2.75) is 32.1 Å². The van der Waals surface area contributed by atoms with Crippen LogP contribution >= 0.6 is 11.6 Å². The molecule has 1 saturated carbocycles. The number of hydrogen-bond donors (Lipinski definition) is 3.